The van der Waals surface area contributed by atoms with Gasteiger partial charge in [-0.15, -0.1) is 11.3 Å². The number of anilines is 2. The molecule has 4 aromatic rings. The number of pyridine rings is 1. The van der Waals surface area contributed by atoms with Crippen molar-refractivity contribution in [2.45, 2.75) is 13.3 Å². The lowest BCUT2D eigenvalue weighted by atomic mass is 9.99. The van der Waals surface area contributed by atoms with Gasteiger partial charge in [0.05, 0.1) is 11.3 Å². The summed E-state index contributed by atoms with van der Waals surface area (Å²) in [7, 11) is 0. The molecule has 0 bridgehead atoms. The second-order valence-corrected chi connectivity index (χ2v) is 9.14. The van der Waals surface area contributed by atoms with E-state index in [2.05, 4.69) is 50.5 Å². The molecule has 164 valence electrons. The predicted molar refractivity (Wildman–Crippen MR) is 136 cm³/mol. The molecule has 0 unspecified atom stereocenters. The maximum Gasteiger partial charge on any atom is 0.259 e. The van der Waals surface area contributed by atoms with Crippen LogP contribution >= 0.6 is 11.3 Å². The molecule has 0 radical (unpaired) electrons. The van der Waals surface area contributed by atoms with Gasteiger partial charge >= 0.3 is 0 Å². The monoisotopic (exact) mass is 452 g/mol. The highest BCUT2D eigenvalue weighted by Gasteiger charge is 2.16. The van der Waals surface area contributed by atoms with Crippen LogP contribution in [-0.4, -0.2) is 29.0 Å². The number of hydrogen-bond acceptors (Lipinski definition) is 5. The van der Waals surface area contributed by atoms with Crippen LogP contribution in [0.2, 0.25) is 0 Å². The predicted octanol–water partition coefficient (Wildman–Crippen LogP) is 6.06. The number of hydrogen-bond donors (Lipinski definition) is 1. The maximum atomic E-state index is 12.8. The molecule has 0 saturated heterocycles. The molecule has 3 heterocycles. The Morgan fingerprint density at radius 2 is 1.70 bits per heavy atom. The summed E-state index contributed by atoms with van der Waals surface area (Å²) in [5.41, 5.74) is 5.12. The Morgan fingerprint density at radius 1 is 0.970 bits per heavy atom. The smallest absolute Gasteiger partial charge is 0.259 e. The topological polar surface area (TPSA) is 58.1 Å². The van der Waals surface area contributed by atoms with E-state index in [0.29, 0.717) is 10.7 Å². The number of rotatable bonds is 5. The van der Waals surface area contributed by atoms with Crippen LogP contribution < -0.4 is 10.2 Å². The van der Waals surface area contributed by atoms with Crippen LogP contribution in [0.3, 0.4) is 0 Å². The van der Waals surface area contributed by atoms with Crippen molar-refractivity contribution in [1.29, 1.82) is 0 Å². The molecule has 1 amide bonds. The number of carbonyl (C=O) groups is 1. The van der Waals surface area contributed by atoms with Crippen LogP contribution in [0.1, 0.15) is 27.2 Å². The van der Waals surface area contributed by atoms with E-state index >= 15 is 0 Å². The van der Waals surface area contributed by atoms with Gasteiger partial charge in [-0.25, -0.2) is 9.97 Å². The van der Waals surface area contributed by atoms with Gasteiger partial charge in [-0.3, -0.25) is 10.1 Å². The average Bonchev–Trinajstić information content (AvgIpc) is 3.25. The van der Waals surface area contributed by atoms with Gasteiger partial charge in [0.15, 0.2) is 5.13 Å². The molecule has 0 atom stereocenters. The quantitative estimate of drug-likeness (QED) is 0.400. The van der Waals surface area contributed by atoms with Crippen LogP contribution in [0.25, 0.3) is 16.8 Å². The number of nitrogens with one attached hydrogen (secondary N) is 1. The third-order valence-corrected chi connectivity index (χ3v) is 6.64. The summed E-state index contributed by atoms with van der Waals surface area (Å²) in [4.78, 5) is 25.2. The van der Waals surface area contributed by atoms with E-state index in [4.69, 9.17) is 0 Å². The van der Waals surface area contributed by atoms with E-state index in [1.807, 2.05) is 55.5 Å². The van der Waals surface area contributed by atoms with E-state index in [1.165, 1.54) is 22.5 Å². The molecular formula is C27H24N4OS. The highest BCUT2D eigenvalue weighted by Crippen LogP contribution is 2.30. The van der Waals surface area contributed by atoms with E-state index in [1.54, 1.807) is 6.20 Å². The Labute approximate surface area is 197 Å². The van der Waals surface area contributed by atoms with E-state index in [9.17, 15) is 4.79 Å². The molecule has 33 heavy (non-hydrogen) atoms. The molecule has 1 aliphatic rings. The van der Waals surface area contributed by atoms with Gasteiger partial charge in [0.2, 0.25) is 0 Å². The van der Waals surface area contributed by atoms with Crippen LogP contribution in [0.15, 0.2) is 85.1 Å². The zero-order chi connectivity index (χ0) is 22.6. The summed E-state index contributed by atoms with van der Waals surface area (Å²) in [5.74, 6) is 0.679. The van der Waals surface area contributed by atoms with E-state index in [0.717, 1.165) is 41.5 Å². The van der Waals surface area contributed by atoms with Crippen molar-refractivity contribution in [3.63, 3.8) is 0 Å². The Hall–Kier alpha value is -3.77. The first-order valence-electron chi connectivity index (χ1n) is 11.0. The Balaban J connectivity index is 1.24. The minimum Gasteiger partial charge on any atom is -0.353 e. The number of carbonyl (C=O) groups excluding carboxylic acids is 1. The third-order valence-electron chi connectivity index (χ3n) is 5.75. The van der Waals surface area contributed by atoms with Gasteiger partial charge in [-0.1, -0.05) is 66.7 Å². The van der Waals surface area contributed by atoms with Crippen molar-refractivity contribution in [2.24, 2.45) is 0 Å². The number of aryl methyl sites for hydroxylation is 1. The molecule has 6 heteroatoms. The minimum absolute atomic E-state index is 0.202. The summed E-state index contributed by atoms with van der Waals surface area (Å²) in [5, 5.41) is 3.51. The van der Waals surface area contributed by atoms with Gasteiger partial charge in [0, 0.05) is 29.7 Å². The molecule has 2 aromatic carbocycles. The number of amides is 1. The fourth-order valence-corrected chi connectivity index (χ4v) is 4.81. The van der Waals surface area contributed by atoms with E-state index < -0.39 is 0 Å². The molecule has 0 fully saturated rings. The first-order valence-corrected chi connectivity index (χ1v) is 11.8. The summed E-state index contributed by atoms with van der Waals surface area (Å²) in [6.07, 6.45) is 4.87. The SMILES string of the molecule is Cc1sc(NC(=O)c2ccc(N3CC=C(c4ccccc4)CC3)nc2)nc1-c1ccccc1. The summed E-state index contributed by atoms with van der Waals surface area (Å²) < 4.78 is 0. The lowest BCUT2D eigenvalue weighted by Gasteiger charge is -2.27. The second-order valence-electron chi connectivity index (χ2n) is 7.94. The van der Waals surface area contributed by atoms with Crippen LogP contribution in [0, 0.1) is 6.92 Å². The molecule has 0 aliphatic carbocycles. The van der Waals surface area contributed by atoms with Gasteiger partial charge < -0.3 is 4.90 Å². The normalized spacial score (nSPS) is 13.5. The molecule has 1 aliphatic heterocycles. The fraction of sp³-hybridized carbons (Fsp3) is 0.148. The first kappa shape index (κ1) is 21.1. The standard InChI is InChI=1S/C27H24N4OS/c1-19-25(22-10-6-3-7-11-22)29-27(33-19)30-26(32)23-12-13-24(28-18-23)31-16-14-21(15-17-31)20-8-4-2-5-9-20/h2-14,18H,15-17H2,1H3,(H,29,30,32). The zero-order valence-electron chi connectivity index (χ0n) is 18.4. The average molecular weight is 453 g/mol. The largest absolute Gasteiger partial charge is 0.353 e. The molecule has 0 spiro atoms. The second kappa shape index (κ2) is 9.38. The summed E-state index contributed by atoms with van der Waals surface area (Å²) in [6, 6.07) is 24.2. The Kier molecular flexibility index (Phi) is 6.00. The highest BCUT2D eigenvalue weighted by molar-refractivity contribution is 7.16. The summed E-state index contributed by atoms with van der Waals surface area (Å²) in [6.45, 7) is 3.73. The van der Waals surface area contributed by atoms with Gasteiger partial charge in [0.25, 0.3) is 5.91 Å². The molecule has 0 saturated carbocycles. The van der Waals surface area contributed by atoms with Crippen molar-refractivity contribution in [1.82, 2.24) is 9.97 Å². The number of aromatic nitrogens is 2. The highest BCUT2D eigenvalue weighted by atomic mass is 32.1. The van der Waals surface area contributed by atoms with Crippen molar-refractivity contribution < 1.29 is 4.79 Å². The fourth-order valence-electron chi connectivity index (χ4n) is 3.98. The van der Waals surface area contributed by atoms with Crippen molar-refractivity contribution in [3.8, 4) is 11.3 Å². The number of thiazole rings is 1. The molecule has 1 N–H and O–H groups in total. The third kappa shape index (κ3) is 4.71. The lowest BCUT2D eigenvalue weighted by Crippen LogP contribution is -2.29. The van der Waals surface area contributed by atoms with E-state index in [-0.39, 0.29) is 5.91 Å². The van der Waals surface area contributed by atoms with Gasteiger partial charge in [-0.2, -0.15) is 0 Å². The molecular weight excluding hydrogens is 428 g/mol. The van der Waals surface area contributed by atoms with Crippen LogP contribution in [-0.2, 0) is 0 Å². The van der Waals surface area contributed by atoms with Crippen LogP contribution in [0.5, 0.6) is 0 Å². The Bertz CT molecular complexity index is 1280. The molecule has 5 nitrogen and oxygen atoms in total. The lowest BCUT2D eigenvalue weighted by molar-refractivity contribution is 0.102. The summed E-state index contributed by atoms with van der Waals surface area (Å²) >= 11 is 1.48. The van der Waals surface area contributed by atoms with Crippen molar-refractivity contribution in [2.75, 3.05) is 23.3 Å². The molecule has 5 rings (SSSR count). The van der Waals surface area contributed by atoms with Crippen molar-refractivity contribution >= 4 is 33.8 Å². The van der Waals surface area contributed by atoms with Crippen LogP contribution in [0.4, 0.5) is 10.9 Å². The first-order chi connectivity index (χ1) is 16.2. The minimum atomic E-state index is -0.202. The maximum absolute atomic E-state index is 12.8. The van der Waals surface area contributed by atoms with Gasteiger partial charge in [0.1, 0.15) is 5.82 Å². The number of nitrogens with zero attached hydrogens (tertiary/aromatic N) is 3. The van der Waals surface area contributed by atoms with Gasteiger partial charge in [-0.05, 0) is 36.6 Å². The van der Waals surface area contributed by atoms with Crippen molar-refractivity contribution in [3.05, 3.63) is 101 Å². The molecule has 2 aromatic heterocycles. The Morgan fingerprint density at radius 3 is 2.33 bits per heavy atom. The zero-order valence-corrected chi connectivity index (χ0v) is 19.2. The number of benzene rings is 2.